The van der Waals surface area contributed by atoms with E-state index in [4.69, 9.17) is 11.6 Å². The van der Waals surface area contributed by atoms with Crippen molar-refractivity contribution in [2.75, 3.05) is 11.9 Å². The maximum atomic E-state index is 14.7. The van der Waals surface area contributed by atoms with Gasteiger partial charge in [0.1, 0.15) is 17.8 Å². The highest BCUT2D eigenvalue weighted by molar-refractivity contribution is 6.33. The van der Waals surface area contributed by atoms with Gasteiger partial charge in [0, 0.05) is 30.2 Å². The van der Waals surface area contributed by atoms with Gasteiger partial charge in [-0.25, -0.2) is 17.6 Å². The number of amides is 1. The first-order valence-electron chi connectivity index (χ1n) is 7.48. The Hall–Kier alpha value is -2.12. The van der Waals surface area contributed by atoms with Crippen molar-refractivity contribution in [3.05, 3.63) is 52.8 Å². The number of halogens is 5. The zero-order valence-electron chi connectivity index (χ0n) is 12.8. The highest BCUT2D eigenvalue weighted by Gasteiger charge is 2.30. The Balaban J connectivity index is 1.93. The lowest BCUT2D eigenvalue weighted by molar-refractivity contribution is -0.117. The second-order valence-electron chi connectivity index (χ2n) is 5.72. The Labute approximate surface area is 146 Å². The molecule has 3 rings (SSSR count). The van der Waals surface area contributed by atoms with Gasteiger partial charge in [0.15, 0.2) is 5.82 Å². The molecule has 2 N–H and O–H groups in total. The second-order valence-corrected chi connectivity index (χ2v) is 6.13. The van der Waals surface area contributed by atoms with E-state index in [0.717, 1.165) is 24.3 Å². The lowest BCUT2D eigenvalue weighted by Gasteiger charge is -2.14. The molecule has 8 heteroatoms. The van der Waals surface area contributed by atoms with Crippen LogP contribution in [0.2, 0.25) is 5.02 Å². The number of carbonyl (C=O) groups is 1. The predicted molar refractivity (Wildman–Crippen MR) is 86.7 cm³/mol. The zero-order valence-corrected chi connectivity index (χ0v) is 13.5. The minimum absolute atomic E-state index is 0.0279. The Bertz CT molecular complexity index is 831. The molecular formula is C17H13ClF4N2O. The van der Waals surface area contributed by atoms with Gasteiger partial charge in [-0.3, -0.25) is 4.79 Å². The van der Waals surface area contributed by atoms with Crippen LogP contribution in [0.5, 0.6) is 0 Å². The quantitative estimate of drug-likeness (QED) is 0.798. The molecule has 1 fully saturated rings. The number of carbonyl (C=O) groups excluding carboxylic acids is 1. The molecule has 3 nitrogen and oxygen atoms in total. The van der Waals surface area contributed by atoms with Crippen molar-refractivity contribution < 1.29 is 22.4 Å². The SMILES string of the molecule is O=C(Nc1cc(F)cc(-c2ccc(F)cc2Cl)c1F)[C@@H]1C[C@@H](F)CN1. The van der Waals surface area contributed by atoms with Crippen LogP contribution in [-0.4, -0.2) is 24.7 Å². The maximum Gasteiger partial charge on any atom is 0.241 e. The monoisotopic (exact) mass is 372 g/mol. The normalized spacial score (nSPS) is 19.9. The molecule has 1 aliphatic rings. The molecule has 2 atom stereocenters. The van der Waals surface area contributed by atoms with Crippen molar-refractivity contribution in [1.29, 1.82) is 0 Å². The van der Waals surface area contributed by atoms with Gasteiger partial charge < -0.3 is 10.6 Å². The average Bonchev–Trinajstić information content (AvgIpc) is 2.97. The molecule has 0 spiro atoms. The lowest BCUT2D eigenvalue weighted by Crippen LogP contribution is -2.35. The smallest absolute Gasteiger partial charge is 0.241 e. The predicted octanol–water partition coefficient (Wildman–Crippen LogP) is 4.06. The first kappa shape index (κ1) is 17.7. The van der Waals surface area contributed by atoms with E-state index in [9.17, 15) is 22.4 Å². The standard InChI is InChI=1S/C17H13ClF4N2O/c18-13-4-8(19)1-2-11(13)12-3-9(20)5-14(16(12)22)24-17(25)15-6-10(21)7-23-15/h1-5,10,15,23H,6-7H2,(H,24,25)/t10-,15+/m1/s1. The number of hydrogen-bond acceptors (Lipinski definition) is 2. The van der Waals surface area contributed by atoms with Crippen LogP contribution in [0.1, 0.15) is 6.42 Å². The van der Waals surface area contributed by atoms with E-state index in [1.807, 2.05) is 0 Å². The molecule has 2 aromatic rings. The summed E-state index contributed by atoms with van der Waals surface area (Å²) in [4.78, 5) is 12.1. The number of hydrogen-bond donors (Lipinski definition) is 2. The highest BCUT2D eigenvalue weighted by atomic mass is 35.5. The first-order valence-corrected chi connectivity index (χ1v) is 7.85. The summed E-state index contributed by atoms with van der Waals surface area (Å²) in [6.07, 6.45) is -1.21. The van der Waals surface area contributed by atoms with Crippen molar-refractivity contribution in [2.24, 2.45) is 0 Å². The van der Waals surface area contributed by atoms with Gasteiger partial charge in [-0.05, 0) is 24.3 Å². The Morgan fingerprint density at radius 2 is 1.88 bits per heavy atom. The molecular weight excluding hydrogens is 360 g/mol. The summed E-state index contributed by atoms with van der Waals surface area (Å²) in [5, 5.41) is 4.81. The van der Waals surface area contributed by atoms with Crippen LogP contribution in [0.3, 0.4) is 0 Å². The molecule has 132 valence electrons. The molecule has 1 amide bonds. The summed E-state index contributed by atoms with van der Waals surface area (Å²) in [6.45, 7) is 0.0279. The largest absolute Gasteiger partial charge is 0.322 e. The van der Waals surface area contributed by atoms with Crippen molar-refractivity contribution in [3.63, 3.8) is 0 Å². The lowest BCUT2D eigenvalue weighted by atomic mass is 10.0. The summed E-state index contributed by atoms with van der Waals surface area (Å²) in [7, 11) is 0. The van der Waals surface area contributed by atoms with Gasteiger partial charge in [0.25, 0.3) is 0 Å². The number of alkyl halides is 1. The van der Waals surface area contributed by atoms with Gasteiger partial charge in [-0.15, -0.1) is 0 Å². The molecule has 1 heterocycles. The molecule has 0 aromatic heterocycles. The third kappa shape index (κ3) is 3.77. The Kier molecular flexibility index (Phi) is 4.96. The van der Waals surface area contributed by atoms with E-state index in [0.29, 0.717) is 0 Å². The minimum atomic E-state index is -1.17. The molecule has 2 aromatic carbocycles. The van der Waals surface area contributed by atoms with Crippen molar-refractivity contribution in [3.8, 4) is 11.1 Å². The van der Waals surface area contributed by atoms with Crippen LogP contribution in [-0.2, 0) is 4.79 Å². The van der Waals surface area contributed by atoms with Crippen LogP contribution < -0.4 is 10.6 Å². The fraction of sp³-hybridized carbons (Fsp3) is 0.235. The maximum absolute atomic E-state index is 14.7. The van der Waals surface area contributed by atoms with Gasteiger partial charge in [-0.2, -0.15) is 0 Å². The first-order chi connectivity index (χ1) is 11.8. The number of nitrogens with one attached hydrogen (secondary N) is 2. The molecule has 25 heavy (non-hydrogen) atoms. The highest BCUT2D eigenvalue weighted by Crippen LogP contribution is 2.34. The van der Waals surface area contributed by atoms with Crippen LogP contribution in [0.25, 0.3) is 11.1 Å². The topological polar surface area (TPSA) is 41.1 Å². The van der Waals surface area contributed by atoms with Crippen LogP contribution in [0, 0.1) is 17.5 Å². The van der Waals surface area contributed by atoms with Crippen LogP contribution >= 0.6 is 11.6 Å². The molecule has 0 unspecified atom stereocenters. The number of benzene rings is 2. The van der Waals surface area contributed by atoms with Crippen molar-refractivity contribution in [2.45, 2.75) is 18.6 Å². The summed E-state index contributed by atoms with van der Waals surface area (Å²) in [5.74, 6) is -3.01. The van der Waals surface area contributed by atoms with E-state index in [2.05, 4.69) is 10.6 Å². The van der Waals surface area contributed by atoms with E-state index in [1.54, 1.807) is 0 Å². The van der Waals surface area contributed by atoms with Crippen LogP contribution in [0.15, 0.2) is 30.3 Å². The summed E-state index contributed by atoms with van der Waals surface area (Å²) < 4.78 is 54.9. The van der Waals surface area contributed by atoms with Gasteiger partial charge in [0.05, 0.1) is 16.8 Å². The summed E-state index contributed by atoms with van der Waals surface area (Å²) in [6, 6.07) is 4.14. The molecule has 1 saturated heterocycles. The van der Waals surface area contributed by atoms with Crippen molar-refractivity contribution in [1.82, 2.24) is 5.32 Å². The van der Waals surface area contributed by atoms with E-state index in [-0.39, 0.29) is 29.1 Å². The van der Waals surface area contributed by atoms with Gasteiger partial charge in [0.2, 0.25) is 5.91 Å². The fourth-order valence-electron chi connectivity index (χ4n) is 2.70. The molecule has 1 aliphatic heterocycles. The third-order valence-corrected chi connectivity index (χ3v) is 4.22. The minimum Gasteiger partial charge on any atom is -0.322 e. The average molecular weight is 373 g/mol. The summed E-state index contributed by atoms with van der Waals surface area (Å²) >= 11 is 5.90. The molecule has 0 radical (unpaired) electrons. The second kappa shape index (κ2) is 7.01. The summed E-state index contributed by atoms with van der Waals surface area (Å²) in [5.41, 5.74) is -0.536. The Morgan fingerprint density at radius 3 is 2.52 bits per heavy atom. The molecule has 0 saturated carbocycles. The number of anilines is 1. The van der Waals surface area contributed by atoms with E-state index >= 15 is 0 Å². The Morgan fingerprint density at radius 1 is 1.12 bits per heavy atom. The molecule has 0 aliphatic carbocycles. The number of rotatable bonds is 3. The van der Waals surface area contributed by atoms with Crippen LogP contribution in [0.4, 0.5) is 23.2 Å². The van der Waals surface area contributed by atoms with E-state index < -0.39 is 41.3 Å². The van der Waals surface area contributed by atoms with Crippen molar-refractivity contribution >= 4 is 23.2 Å². The van der Waals surface area contributed by atoms with Gasteiger partial charge in [-0.1, -0.05) is 11.6 Å². The fourth-order valence-corrected chi connectivity index (χ4v) is 2.97. The molecule has 0 bridgehead atoms. The third-order valence-electron chi connectivity index (χ3n) is 3.91. The van der Waals surface area contributed by atoms with Gasteiger partial charge >= 0.3 is 0 Å². The zero-order chi connectivity index (χ0) is 18.1. The van der Waals surface area contributed by atoms with E-state index in [1.165, 1.54) is 6.07 Å².